The van der Waals surface area contributed by atoms with Crippen molar-refractivity contribution in [1.82, 2.24) is 5.32 Å². The van der Waals surface area contributed by atoms with Crippen molar-refractivity contribution in [3.05, 3.63) is 59.3 Å². The molecule has 0 fully saturated rings. The molecule has 1 aliphatic heterocycles. The third-order valence-corrected chi connectivity index (χ3v) is 6.06. The summed E-state index contributed by atoms with van der Waals surface area (Å²) in [5.74, 6) is 1.11. The summed E-state index contributed by atoms with van der Waals surface area (Å²) in [5, 5.41) is 6.47. The molecular weight excluding hydrogens is 470 g/mol. The number of rotatable bonds is 9. The summed E-state index contributed by atoms with van der Waals surface area (Å²) in [6.45, 7) is 3.76. The molecule has 2 N–H and O–H groups in total. The number of para-hydroxylation sites is 2. The van der Waals surface area contributed by atoms with Gasteiger partial charge in [0.25, 0.3) is 0 Å². The van der Waals surface area contributed by atoms with Crippen LogP contribution in [0.25, 0.3) is 0 Å². The maximum Gasteiger partial charge on any atom is 0.338 e. The number of benzene rings is 2. The fraction of sp³-hybridized carbons (Fsp3) is 0.320. The van der Waals surface area contributed by atoms with Gasteiger partial charge in [-0.15, -0.1) is 0 Å². The maximum absolute atomic E-state index is 12.8. The van der Waals surface area contributed by atoms with Gasteiger partial charge < -0.3 is 29.6 Å². The molecule has 0 aliphatic carbocycles. The van der Waals surface area contributed by atoms with Crippen LogP contribution in [-0.2, 0) is 14.3 Å². The molecule has 2 aromatic carbocycles. The van der Waals surface area contributed by atoms with Gasteiger partial charge >= 0.3 is 5.97 Å². The van der Waals surface area contributed by atoms with Gasteiger partial charge in [0.05, 0.1) is 44.9 Å². The SMILES string of the molecule is CCOC(=O)C1=C(C)NC(SCC(=O)Nc2ccccc2OC)=N[C@@H]1c1ccc(OC)cc1OC. The summed E-state index contributed by atoms with van der Waals surface area (Å²) in [5.41, 5.74) is 2.22. The van der Waals surface area contributed by atoms with Gasteiger partial charge in [0.15, 0.2) is 5.17 Å². The van der Waals surface area contributed by atoms with Crippen LogP contribution in [0.15, 0.2) is 58.7 Å². The normalized spacial score (nSPS) is 15.0. The number of carbonyl (C=O) groups excluding carboxylic acids is 2. The van der Waals surface area contributed by atoms with Crippen LogP contribution >= 0.6 is 11.8 Å². The Morgan fingerprint density at radius 2 is 1.80 bits per heavy atom. The number of hydrogen-bond donors (Lipinski definition) is 2. The van der Waals surface area contributed by atoms with Crippen molar-refractivity contribution in [3.63, 3.8) is 0 Å². The number of hydrogen-bond acceptors (Lipinski definition) is 9. The van der Waals surface area contributed by atoms with Crippen LogP contribution in [0.4, 0.5) is 5.69 Å². The number of anilines is 1. The van der Waals surface area contributed by atoms with Crippen LogP contribution in [0.5, 0.6) is 17.2 Å². The number of carbonyl (C=O) groups is 2. The molecule has 35 heavy (non-hydrogen) atoms. The van der Waals surface area contributed by atoms with E-state index in [4.69, 9.17) is 23.9 Å². The highest BCUT2D eigenvalue weighted by atomic mass is 32.2. The molecule has 1 heterocycles. The molecule has 10 heteroatoms. The van der Waals surface area contributed by atoms with Crippen molar-refractivity contribution in [2.45, 2.75) is 19.9 Å². The molecule has 0 unspecified atom stereocenters. The molecule has 0 spiro atoms. The molecule has 1 atom stereocenters. The molecule has 0 bridgehead atoms. The Morgan fingerprint density at radius 3 is 2.49 bits per heavy atom. The first-order valence-corrected chi connectivity index (χ1v) is 11.9. The number of nitrogens with zero attached hydrogens (tertiary/aromatic N) is 1. The number of esters is 1. The van der Waals surface area contributed by atoms with Gasteiger partial charge in [0.2, 0.25) is 5.91 Å². The Hall–Kier alpha value is -3.66. The number of nitrogens with one attached hydrogen (secondary N) is 2. The number of amides is 1. The molecule has 1 aliphatic rings. The van der Waals surface area contributed by atoms with E-state index in [1.54, 1.807) is 65.5 Å². The Bertz CT molecular complexity index is 1150. The van der Waals surface area contributed by atoms with Gasteiger partial charge in [-0.2, -0.15) is 0 Å². The molecule has 0 saturated heterocycles. The van der Waals surface area contributed by atoms with Gasteiger partial charge in [0.1, 0.15) is 23.3 Å². The third-order valence-electron chi connectivity index (χ3n) is 5.17. The quantitative estimate of drug-likeness (QED) is 0.500. The van der Waals surface area contributed by atoms with E-state index in [-0.39, 0.29) is 18.3 Å². The van der Waals surface area contributed by atoms with E-state index in [0.29, 0.717) is 44.9 Å². The Labute approximate surface area is 208 Å². The molecule has 2 aromatic rings. The summed E-state index contributed by atoms with van der Waals surface area (Å²) >= 11 is 1.22. The lowest BCUT2D eigenvalue weighted by Crippen LogP contribution is -2.31. The van der Waals surface area contributed by atoms with Crippen molar-refractivity contribution >= 4 is 34.5 Å². The van der Waals surface area contributed by atoms with Crippen LogP contribution in [-0.4, -0.2) is 50.7 Å². The van der Waals surface area contributed by atoms with E-state index < -0.39 is 12.0 Å². The molecule has 0 radical (unpaired) electrons. The number of allylic oxidation sites excluding steroid dienone is 1. The van der Waals surface area contributed by atoms with Crippen molar-refractivity contribution in [1.29, 1.82) is 0 Å². The average molecular weight is 500 g/mol. The number of aliphatic imine (C=N–C) groups is 1. The lowest BCUT2D eigenvalue weighted by atomic mass is 9.95. The highest BCUT2D eigenvalue weighted by Crippen LogP contribution is 2.39. The zero-order valence-corrected chi connectivity index (χ0v) is 21.2. The maximum atomic E-state index is 12.8. The van der Waals surface area contributed by atoms with Gasteiger partial charge in [-0.25, -0.2) is 9.79 Å². The highest BCUT2D eigenvalue weighted by molar-refractivity contribution is 8.14. The lowest BCUT2D eigenvalue weighted by Gasteiger charge is -2.26. The second kappa shape index (κ2) is 12.2. The molecule has 9 nitrogen and oxygen atoms in total. The molecule has 3 rings (SSSR count). The minimum atomic E-state index is -0.684. The average Bonchev–Trinajstić information content (AvgIpc) is 2.87. The predicted octanol–water partition coefficient (Wildman–Crippen LogP) is 3.92. The fourth-order valence-corrected chi connectivity index (χ4v) is 4.28. The minimum absolute atomic E-state index is 0.0956. The standard InChI is InChI=1S/C25H29N3O6S/c1-6-34-24(30)22-15(2)26-25(28-23(22)17-12-11-16(31-3)13-20(17)33-5)35-14-21(29)27-18-9-7-8-10-19(18)32-4/h7-13,23H,6,14H2,1-5H3,(H,26,28)(H,27,29)/t23-/m1/s1. The second-order valence-electron chi connectivity index (χ2n) is 7.37. The number of methoxy groups -OCH3 is 3. The van der Waals surface area contributed by atoms with Crippen molar-refractivity contribution in [2.24, 2.45) is 4.99 Å². The van der Waals surface area contributed by atoms with E-state index in [2.05, 4.69) is 10.6 Å². The minimum Gasteiger partial charge on any atom is -0.497 e. The summed E-state index contributed by atoms with van der Waals surface area (Å²) in [7, 11) is 4.65. The van der Waals surface area contributed by atoms with E-state index in [0.717, 1.165) is 0 Å². The molecule has 0 aromatic heterocycles. The van der Waals surface area contributed by atoms with Crippen molar-refractivity contribution in [2.75, 3.05) is 39.0 Å². The predicted molar refractivity (Wildman–Crippen MR) is 136 cm³/mol. The molecule has 186 valence electrons. The zero-order chi connectivity index (χ0) is 25.4. The summed E-state index contributed by atoms with van der Waals surface area (Å²) in [6, 6.07) is 11.8. The van der Waals surface area contributed by atoms with Gasteiger partial charge in [-0.05, 0) is 38.1 Å². The van der Waals surface area contributed by atoms with Gasteiger partial charge in [-0.3, -0.25) is 4.79 Å². The van der Waals surface area contributed by atoms with Crippen molar-refractivity contribution < 1.29 is 28.5 Å². The number of thioether (sulfide) groups is 1. The summed E-state index contributed by atoms with van der Waals surface area (Å²) < 4.78 is 21.4. The first kappa shape index (κ1) is 26.0. The van der Waals surface area contributed by atoms with Crippen LogP contribution in [0.1, 0.15) is 25.5 Å². The third kappa shape index (κ3) is 6.27. The lowest BCUT2D eigenvalue weighted by molar-refractivity contribution is -0.139. The van der Waals surface area contributed by atoms with Gasteiger partial charge in [-0.1, -0.05) is 23.9 Å². The van der Waals surface area contributed by atoms with Crippen LogP contribution in [0.2, 0.25) is 0 Å². The first-order valence-electron chi connectivity index (χ1n) is 10.9. The highest BCUT2D eigenvalue weighted by Gasteiger charge is 2.32. The summed E-state index contributed by atoms with van der Waals surface area (Å²) in [4.78, 5) is 30.2. The van der Waals surface area contributed by atoms with Crippen LogP contribution in [0, 0.1) is 0 Å². The van der Waals surface area contributed by atoms with E-state index in [1.807, 2.05) is 12.1 Å². The Balaban J connectivity index is 1.85. The Morgan fingerprint density at radius 1 is 1.06 bits per heavy atom. The number of ether oxygens (including phenoxy) is 4. The van der Waals surface area contributed by atoms with E-state index >= 15 is 0 Å². The van der Waals surface area contributed by atoms with Crippen LogP contribution < -0.4 is 24.8 Å². The zero-order valence-electron chi connectivity index (χ0n) is 20.3. The topological polar surface area (TPSA) is 107 Å². The molecule has 1 amide bonds. The monoisotopic (exact) mass is 499 g/mol. The first-order chi connectivity index (χ1) is 16.9. The molecule has 0 saturated carbocycles. The largest absolute Gasteiger partial charge is 0.497 e. The number of amidine groups is 1. The molecular formula is C25H29N3O6S. The summed E-state index contributed by atoms with van der Waals surface area (Å²) in [6.07, 6.45) is 0. The van der Waals surface area contributed by atoms with Crippen molar-refractivity contribution in [3.8, 4) is 17.2 Å². The Kier molecular flexibility index (Phi) is 9.02. The van der Waals surface area contributed by atoms with E-state index in [1.165, 1.54) is 11.8 Å². The second-order valence-corrected chi connectivity index (χ2v) is 8.33. The van der Waals surface area contributed by atoms with Gasteiger partial charge in [0, 0.05) is 17.3 Å². The smallest absolute Gasteiger partial charge is 0.338 e. The van der Waals surface area contributed by atoms with Crippen LogP contribution in [0.3, 0.4) is 0 Å². The van der Waals surface area contributed by atoms with E-state index in [9.17, 15) is 9.59 Å². The fourth-order valence-electron chi connectivity index (χ4n) is 3.53.